The Hall–Kier alpha value is -1.70. The van der Waals surface area contributed by atoms with Crippen LogP contribution in [-0.4, -0.2) is 5.11 Å². The zero-order valence-corrected chi connectivity index (χ0v) is 11.0. The summed E-state index contributed by atoms with van der Waals surface area (Å²) in [7, 11) is 0. The highest BCUT2D eigenvalue weighted by Gasteiger charge is 2.12. The lowest BCUT2D eigenvalue weighted by Gasteiger charge is -2.11. The summed E-state index contributed by atoms with van der Waals surface area (Å²) < 4.78 is 5.25. The average Bonchev–Trinajstić information content (AvgIpc) is 2.74. The molecule has 0 saturated carbocycles. The monoisotopic (exact) mass is 259 g/mol. The van der Waals surface area contributed by atoms with Gasteiger partial charge in [0.2, 0.25) is 0 Å². The molecule has 4 heteroatoms. The van der Waals surface area contributed by atoms with E-state index in [1.807, 2.05) is 13.0 Å². The minimum atomic E-state index is -0.563. The lowest BCUT2D eigenvalue weighted by atomic mass is 10.1. The van der Waals surface area contributed by atoms with Crippen LogP contribution in [0.2, 0.25) is 0 Å². The Morgan fingerprint density at radius 1 is 1.33 bits per heavy atom. The number of hydrogen-bond donors (Lipinski definition) is 1. The second-order valence-electron chi connectivity index (χ2n) is 3.98. The Balaban J connectivity index is 2.42. The maximum absolute atomic E-state index is 9.75. The fourth-order valence-electron chi connectivity index (χ4n) is 1.64. The molecule has 0 fully saturated rings. The van der Waals surface area contributed by atoms with Gasteiger partial charge >= 0.3 is 0 Å². The second kappa shape index (κ2) is 5.30. The zero-order chi connectivity index (χ0) is 13.1. The summed E-state index contributed by atoms with van der Waals surface area (Å²) in [6.07, 6.45) is 1.07. The van der Waals surface area contributed by atoms with Crippen molar-refractivity contribution in [2.45, 2.75) is 29.7 Å². The van der Waals surface area contributed by atoms with E-state index in [9.17, 15) is 5.11 Å². The Morgan fingerprint density at radius 3 is 2.67 bits per heavy atom. The van der Waals surface area contributed by atoms with Crippen LogP contribution in [0.25, 0.3) is 0 Å². The van der Waals surface area contributed by atoms with E-state index in [0.717, 1.165) is 21.1 Å². The van der Waals surface area contributed by atoms with Gasteiger partial charge in [-0.3, -0.25) is 0 Å². The largest absolute Gasteiger partial charge is 0.468 e. The SMILES string of the molecule is Cc1occc1Sc1cc(C#N)ccc1C(C)O. The van der Waals surface area contributed by atoms with E-state index in [0.29, 0.717) is 5.56 Å². The third kappa shape index (κ3) is 2.58. The van der Waals surface area contributed by atoms with Crippen LogP contribution in [0.1, 0.15) is 29.9 Å². The molecular formula is C14H13NO2S. The lowest BCUT2D eigenvalue weighted by Crippen LogP contribution is -1.94. The van der Waals surface area contributed by atoms with Crippen molar-refractivity contribution in [3.05, 3.63) is 47.4 Å². The van der Waals surface area contributed by atoms with E-state index in [2.05, 4.69) is 6.07 Å². The van der Waals surface area contributed by atoms with Crippen LogP contribution in [0.4, 0.5) is 0 Å². The molecule has 2 rings (SSSR count). The van der Waals surface area contributed by atoms with Gasteiger partial charge in [-0.1, -0.05) is 17.8 Å². The molecule has 1 N–H and O–H groups in total. The van der Waals surface area contributed by atoms with Crippen molar-refractivity contribution in [3.63, 3.8) is 0 Å². The van der Waals surface area contributed by atoms with Gasteiger partial charge in [-0.15, -0.1) is 0 Å². The normalized spacial score (nSPS) is 12.1. The molecule has 18 heavy (non-hydrogen) atoms. The van der Waals surface area contributed by atoms with Crippen LogP contribution >= 0.6 is 11.8 Å². The molecule has 3 nitrogen and oxygen atoms in total. The van der Waals surface area contributed by atoms with Gasteiger partial charge in [0.15, 0.2) is 0 Å². The molecule has 92 valence electrons. The van der Waals surface area contributed by atoms with E-state index in [4.69, 9.17) is 9.68 Å². The number of hydrogen-bond acceptors (Lipinski definition) is 4. The summed E-state index contributed by atoms with van der Waals surface area (Å²) >= 11 is 1.50. The molecule has 2 aromatic rings. The van der Waals surface area contributed by atoms with Crippen molar-refractivity contribution >= 4 is 11.8 Å². The van der Waals surface area contributed by atoms with Gasteiger partial charge in [0, 0.05) is 4.90 Å². The number of aliphatic hydroxyl groups excluding tert-OH is 1. The van der Waals surface area contributed by atoms with Crippen LogP contribution in [0.15, 0.2) is 44.7 Å². The molecule has 0 aliphatic carbocycles. The van der Waals surface area contributed by atoms with Crippen LogP contribution in [0, 0.1) is 18.3 Å². The maximum atomic E-state index is 9.75. The Kier molecular flexibility index (Phi) is 3.75. The van der Waals surface area contributed by atoms with Crippen molar-refractivity contribution in [2.24, 2.45) is 0 Å². The molecule has 0 saturated heterocycles. The molecule has 1 aromatic heterocycles. The molecule has 0 aliphatic heterocycles. The molecule has 1 atom stereocenters. The smallest absolute Gasteiger partial charge is 0.114 e. The van der Waals surface area contributed by atoms with Gasteiger partial charge in [0.25, 0.3) is 0 Å². The standard InChI is InChI=1S/C14H13NO2S/c1-9(16)12-4-3-11(8-15)7-14(12)18-13-5-6-17-10(13)2/h3-7,9,16H,1-2H3. The van der Waals surface area contributed by atoms with Crippen molar-refractivity contribution in [1.29, 1.82) is 5.26 Å². The Morgan fingerprint density at radius 2 is 2.11 bits per heavy atom. The van der Waals surface area contributed by atoms with Crippen LogP contribution < -0.4 is 0 Å². The molecule has 0 spiro atoms. The average molecular weight is 259 g/mol. The molecule has 1 aromatic carbocycles. The molecule has 0 amide bonds. The number of nitrogens with zero attached hydrogens (tertiary/aromatic N) is 1. The van der Waals surface area contributed by atoms with E-state index in [-0.39, 0.29) is 0 Å². The number of furan rings is 1. The highest BCUT2D eigenvalue weighted by atomic mass is 32.2. The first-order valence-corrected chi connectivity index (χ1v) is 6.37. The highest BCUT2D eigenvalue weighted by Crippen LogP contribution is 2.36. The first kappa shape index (κ1) is 12.7. The minimum Gasteiger partial charge on any atom is -0.468 e. The molecule has 0 aliphatic rings. The molecule has 1 unspecified atom stereocenters. The van der Waals surface area contributed by atoms with Gasteiger partial charge in [-0.2, -0.15) is 5.26 Å². The summed E-state index contributed by atoms with van der Waals surface area (Å²) in [5, 5.41) is 18.7. The maximum Gasteiger partial charge on any atom is 0.114 e. The number of nitriles is 1. The summed E-state index contributed by atoms with van der Waals surface area (Å²) in [5.41, 5.74) is 1.41. The fraction of sp³-hybridized carbons (Fsp3) is 0.214. The van der Waals surface area contributed by atoms with Gasteiger partial charge in [0.05, 0.1) is 28.9 Å². The predicted molar refractivity (Wildman–Crippen MR) is 69.4 cm³/mol. The first-order chi connectivity index (χ1) is 8.61. The van der Waals surface area contributed by atoms with E-state index < -0.39 is 6.10 Å². The summed E-state index contributed by atoms with van der Waals surface area (Å²) in [6, 6.07) is 9.29. The van der Waals surface area contributed by atoms with Crippen molar-refractivity contribution < 1.29 is 9.52 Å². The molecule has 1 heterocycles. The van der Waals surface area contributed by atoms with Gasteiger partial charge in [0.1, 0.15) is 5.76 Å². The predicted octanol–water partition coefficient (Wildman–Crippen LogP) is 3.66. The quantitative estimate of drug-likeness (QED) is 0.913. The Bertz CT molecular complexity index is 596. The number of aliphatic hydroxyl groups is 1. The third-order valence-corrected chi connectivity index (χ3v) is 3.84. The third-order valence-electron chi connectivity index (χ3n) is 2.62. The minimum absolute atomic E-state index is 0.563. The lowest BCUT2D eigenvalue weighted by molar-refractivity contribution is 0.196. The van der Waals surface area contributed by atoms with Crippen molar-refractivity contribution in [2.75, 3.05) is 0 Å². The second-order valence-corrected chi connectivity index (χ2v) is 5.07. The summed E-state index contributed by atoms with van der Waals surface area (Å²) in [5.74, 6) is 0.832. The Labute approximate surface area is 110 Å². The first-order valence-electron chi connectivity index (χ1n) is 5.56. The topological polar surface area (TPSA) is 57.2 Å². The molecule has 0 radical (unpaired) electrons. The van der Waals surface area contributed by atoms with E-state index in [1.54, 1.807) is 31.4 Å². The van der Waals surface area contributed by atoms with Crippen molar-refractivity contribution in [1.82, 2.24) is 0 Å². The number of rotatable bonds is 3. The van der Waals surface area contributed by atoms with Gasteiger partial charge in [-0.25, -0.2) is 0 Å². The van der Waals surface area contributed by atoms with Gasteiger partial charge < -0.3 is 9.52 Å². The summed E-state index contributed by atoms with van der Waals surface area (Å²) in [6.45, 7) is 3.60. The van der Waals surface area contributed by atoms with Gasteiger partial charge in [-0.05, 0) is 37.6 Å². The molecular weight excluding hydrogens is 246 g/mol. The highest BCUT2D eigenvalue weighted by molar-refractivity contribution is 7.99. The number of aryl methyl sites for hydroxylation is 1. The zero-order valence-electron chi connectivity index (χ0n) is 10.2. The van der Waals surface area contributed by atoms with E-state index in [1.165, 1.54) is 11.8 Å². The van der Waals surface area contributed by atoms with Crippen LogP contribution in [0.5, 0.6) is 0 Å². The van der Waals surface area contributed by atoms with Crippen LogP contribution in [0.3, 0.4) is 0 Å². The fourth-order valence-corrected chi connectivity index (χ4v) is 2.73. The van der Waals surface area contributed by atoms with Crippen LogP contribution in [-0.2, 0) is 0 Å². The van der Waals surface area contributed by atoms with E-state index >= 15 is 0 Å². The number of benzene rings is 1. The summed E-state index contributed by atoms with van der Waals surface area (Å²) in [4.78, 5) is 1.88. The molecule has 0 bridgehead atoms. The van der Waals surface area contributed by atoms with Crippen molar-refractivity contribution in [3.8, 4) is 6.07 Å².